The first-order chi connectivity index (χ1) is 7.52. The molecule has 0 unspecified atom stereocenters. The van der Waals surface area contributed by atoms with Gasteiger partial charge in [-0.1, -0.05) is 25.3 Å². The third-order valence-electron chi connectivity index (χ3n) is 1.41. The number of hydrogen-bond donors (Lipinski definition) is 3. The number of hydrogen-bond acceptors (Lipinski definition) is 3. The van der Waals surface area contributed by atoms with Crippen LogP contribution in [-0.2, 0) is 4.79 Å². The van der Waals surface area contributed by atoms with E-state index in [0.29, 0.717) is 7.41 Å². The average Bonchev–Trinajstić information content (AvgIpc) is 2.22. The summed E-state index contributed by atoms with van der Waals surface area (Å²) in [5.74, 6) is -2.37. The Hall–Kier alpha value is -2.24. The Morgan fingerprint density at radius 3 is 2.12 bits per heavy atom. The second kappa shape index (κ2) is 7.11. The maximum Gasteiger partial charge on any atom is 0.392 e. The quantitative estimate of drug-likeness (QED) is 0.271. The molecule has 1 radical (unpaired) electrons. The van der Waals surface area contributed by atoms with Gasteiger partial charge in [0.1, 0.15) is 5.76 Å². The average molecular weight is 220 g/mol. The molecule has 0 fully saturated rings. The molecule has 3 N–H and O–H groups in total. The van der Waals surface area contributed by atoms with Gasteiger partial charge in [-0.2, -0.15) is 0 Å². The zero-order chi connectivity index (χ0) is 12.6. The fraction of sp³-hybridized carbons (Fsp3) is 0. The van der Waals surface area contributed by atoms with E-state index in [9.17, 15) is 14.7 Å². The molecular formula is C10H11BNO4. The van der Waals surface area contributed by atoms with Gasteiger partial charge in [0, 0.05) is 0 Å². The molecule has 0 spiro atoms. The van der Waals surface area contributed by atoms with Crippen LogP contribution in [-0.4, -0.2) is 29.4 Å². The minimum absolute atomic E-state index is 0.104. The molecule has 5 nitrogen and oxygen atoms in total. The number of allylic oxidation sites excluding steroid dienone is 4. The van der Waals surface area contributed by atoms with Crippen LogP contribution in [0.3, 0.4) is 0 Å². The van der Waals surface area contributed by atoms with Gasteiger partial charge in [0.05, 0.1) is 5.57 Å². The summed E-state index contributed by atoms with van der Waals surface area (Å²) in [7, 11) is 0.570. The van der Waals surface area contributed by atoms with Crippen LogP contribution in [0, 0.1) is 0 Å². The van der Waals surface area contributed by atoms with Crippen molar-refractivity contribution in [1.29, 1.82) is 0 Å². The van der Waals surface area contributed by atoms with Crippen molar-refractivity contribution in [3.8, 4) is 0 Å². The lowest BCUT2D eigenvalue weighted by Gasteiger charge is -2.05. The van der Waals surface area contributed by atoms with E-state index in [1.807, 2.05) is 5.23 Å². The van der Waals surface area contributed by atoms with Crippen LogP contribution < -0.4 is 5.23 Å². The van der Waals surface area contributed by atoms with Crippen molar-refractivity contribution in [3.05, 3.63) is 48.8 Å². The topological polar surface area (TPSA) is 86.6 Å². The Morgan fingerprint density at radius 2 is 1.69 bits per heavy atom. The van der Waals surface area contributed by atoms with Crippen molar-refractivity contribution in [3.63, 3.8) is 0 Å². The summed E-state index contributed by atoms with van der Waals surface area (Å²) < 4.78 is 0. The van der Waals surface area contributed by atoms with E-state index in [1.54, 1.807) is 0 Å². The molecule has 0 aliphatic heterocycles. The minimum atomic E-state index is -1.29. The van der Waals surface area contributed by atoms with Crippen molar-refractivity contribution >= 4 is 19.2 Å². The number of rotatable bonds is 6. The highest BCUT2D eigenvalue weighted by Crippen LogP contribution is 2.07. The van der Waals surface area contributed by atoms with E-state index in [0.717, 1.165) is 0 Å². The summed E-state index contributed by atoms with van der Waals surface area (Å²) in [6, 6.07) is 0. The molecule has 6 heteroatoms. The fourth-order valence-corrected chi connectivity index (χ4v) is 0.802. The molecule has 0 heterocycles. The number of carboxylic acid groups (broad SMARTS) is 1. The van der Waals surface area contributed by atoms with Crippen LogP contribution in [0.5, 0.6) is 0 Å². The summed E-state index contributed by atoms with van der Waals surface area (Å²) in [6.07, 6.45) is 5.04. The molecule has 0 aromatic rings. The van der Waals surface area contributed by atoms with E-state index < -0.39 is 11.8 Å². The summed E-state index contributed by atoms with van der Waals surface area (Å²) in [4.78, 5) is 21.6. The summed E-state index contributed by atoms with van der Waals surface area (Å²) >= 11 is 0. The normalized spacial score (nSPS) is 11.5. The van der Waals surface area contributed by atoms with Gasteiger partial charge in [0.25, 0.3) is 5.87 Å². The number of aliphatic hydroxyl groups is 1. The standard InChI is InChI=1S/C10H11BNO4/c1-3-5-7(8(13)6-4-2)9(14)12-11-10(15)16/h3-6,13H,1-2H2,(H,12,14)(H,15,16)/b7-5+,8-6+. The molecule has 0 aromatic heterocycles. The predicted octanol–water partition coefficient (Wildman–Crippen LogP) is 1.14. The molecule has 1 amide bonds. The van der Waals surface area contributed by atoms with Gasteiger partial charge in [-0.15, -0.1) is 0 Å². The third kappa shape index (κ3) is 4.85. The molecule has 0 atom stereocenters. The smallest absolute Gasteiger partial charge is 0.392 e. The van der Waals surface area contributed by atoms with E-state index in [2.05, 4.69) is 13.2 Å². The molecule has 0 saturated heterocycles. The maximum atomic E-state index is 11.4. The molecule has 0 aliphatic rings. The number of amides is 1. The van der Waals surface area contributed by atoms with Gasteiger partial charge >= 0.3 is 7.41 Å². The SMILES string of the molecule is C=C/C=C(O)\C(=C/C=C)C(=O)N[B]C(=O)O. The second-order valence-corrected chi connectivity index (χ2v) is 2.56. The molecular weight excluding hydrogens is 209 g/mol. The Bertz CT molecular complexity index is 371. The van der Waals surface area contributed by atoms with Gasteiger partial charge in [0.15, 0.2) is 0 Å². The summed E-state index contributed by atoms with van der Waals surface area (Å²) in [5, 5.41) is 19.7. The number of carbonyl (C=O) groups excluding carboxylic acids is 1. The lowest BCUT2D eigenvalue weighted by atomic mass is 9.94. The molecule has 0 aliphatic carbocycles. The lowest BCUT2D eigenvalue weighted by Crippen LogP contribution is -2.33. The second-order valence-electron chi connectivity index (χ2n) is 2.56. The van der Waals surface area contributed by atoms with Crippen molar-refractivity contribution < 1.29 is 19.8 Å². The first-order valence-corrected chi connectivity index (χ1v) is 4.24. The van der Waals surface area contributed by atoms with Crippen LogP contribution in [0.1, 0.15) is 0 Å². The zero-order valence-corrected chi connectivity index (χ0v) is 8.51. The Kier molecular flexibility index (Phi) is 6.12. The zero-order valence-electron chi connectivity index (χ0n) is 8.51. The van der Waals surface area contributed by atoms with Crippen molar-refractivity contribution in [2.24, 2.45) is 0 Å². The Morgan fingerprint density at radius 1 is 1.12 bits per heavy atom. The van der Waals surface area contributed by atoms with Crippen LogP contribution in [0.25, 0.3) is 0 Å². The molecule has 16 heavy (non-hydrogen) atoms. The molecule has 83 valence electrons. The molecule has 0 rings (SSSR count). The first kappa shape index (κ1) is 13.8. The number of aliphatic hydroxyl groups excluding tert-OH is 1. The first-order valence-electron chi connectivity index (χ1n) is 4.24. The minimum Gasteiger partial charge on any atom is -0.507 e. The molecule has 0 aromatic carbocycles. The monoisotopic (exact) mass is 220 g/mol. The summed E-state index contributed by atoms with van der Waals surface area (Å²) in [5.41, 5.74) is -0.104. The van der Waals surface area contributed by atoms with Gasteiger partial charge in [-0.3, -0.25) is 9.59 Å². The highest BCUT2D eigenvalue weighted by Gasteiger charge is 2.14. The largest absolute Gasteiger partial charge is 0.507 e. The molecule has 0 saturated carbocycles. The van der Waals surface area contributed by atoms with Crippen LogP contribution >= 0.6 is 0 Å². The van der Waals surface area contributed by atoms with E-state index >= 15 is 0 Å². The third-order valence-corrected chi connectivity index (χ3v) is 1.41. The van der Waals surface area contributed by atoms with Gasteiger partial charge in [-0.05, 0) is 12.2 Å². The van der Waals surface area contributed by atoms with Crippen molar-refractivity contribution in [2.45, 2.75) is 0 Å². The van der Waals surface area contributed by atoms with Crippen molar-refractivity contribution in [1.82, 2.24) is 5.23 Å². The van der Waals surface area contributed by atoms with E-state index in [-0.39, 0.29) is 11.3 Å². The van der Waals surface area contributed by atoms with Crippen LogP contribution in [0.2, 0.25) is 0 Å². The van der Waals surface area contributed by atoms with Crippen LogP contribution in [0.15, 0.2) is 48.8 Å². The van der Waals surface area contributed by atoms with E-state index in [1.165, 1.54) is 24.3 Å². The van der Waals surface area contributed by atoms with Gasteiger partial charge in [-0.25, -0.2) is 0 Å². The highest BCUT2D eigenvalue weighted by molar-refractivity contribution is 6.71. The van der Waals surface area contributed by atoms with Crippen molar-refractivity contribution in [2.75, 3.05) is 0 Å². The number of carbonyl (C=O) groups is 2. The molecule has 0 bridgehead atoms. The predicted molar refractivity (Wildman–Crippen MR) is 61.1 cm³/mol. The summed E-state index contributed by atoms with van der Waals surface area (Å²) in [6.45, 7) is 6.73. The highest BCUT2D eigenvalue weighted by atomic mass is 16.4. The lowest BCUT2D eigenvalue weighted by molar-refractivity contribution is -0.115. The van der Waals surface area contributed by atoms with Gasteiger partial charge < -0.3 is 15.4 Å². The van der Waals surface area contributed by atoms with Crippen LogP contribution in [0.4, 0.5) is 4.79 Å². The number of nitrogens with one attached hydrogen (secondary N) is 1. The van der Waals surface area contributed by atoms with Gasteiger partial charge in [0.2, 0.25) is 5.91 Å². The maximum absolute atomic E-state index is 11.4. The van der Waals surface area contributed by atoms with E-state index in [4.69, 9.17) is 5.11 Å². The Balaban J connectivity index is 4.80. The Labute approximate surface area is 93.7 Å². The fourth-order valence-electron chi connectivity index (χ4n) is 0.802.